The number of ether oxygens (including phenoxy) is 2. The highest BCUT2D eigenvalue weighted by atomic mass is 16.5. The predicted octanol–water partition coefficient (Wildman–Crippen LogP) is 1.21. The second-order valence-electron chi connectivity index (χ2n) is 5.91. The van der Waals surface area contributed by atoms with Gasteiger partial charge in [-0.2, -0.15) is 0 Å². The average Bonchev–Trinajstić information content (AvgIpc) is 3.15. The number of methoxy groups -OCH3 is 1. The molecule has 7 heteroatoms. The molecule has 1 aromatic carbocycles. The third kappa shape index (κ3) is 4.45. The number of carbonyl (C=O) groups excluding carboxylic acids is 1. The first-order chi connectivity index (χ1) is 12.2. The number of amides is 1. The van der Waals surface area contributed by atoms with Gasteiger partial charge in [0.2, 0.25) is 5.91 Å². The van der Waals surface area contributed by atoms with E-state index in [9.17, 15) is 9.59 Å². The predicted molar refractivity (Wildman–Crippen MR) is 92.5 cm³/mol. The highest BCUT2D eigenvalue weighted by molar-refractivity contribution is 5.75. The molecule has 2 aromatic rings. The van der Waals surface area contributed by atoms with Gasteiger partial charge in [0.1, 0.15) is 12.3 Å². The van der Waals surface area contributed by atoms with Crippen LogP contribution < -0.4 is 15.6 Å². The first kappa shape index (κ1) is 17.2. The number of hydrogen-bond donors (Lipinski definition) is 1. The quantitative estimate of drug-likeness (QED) is 0.853. The molecular formula is C18H21N3O4. The average molecular weight is 343 g/mol. The standard InChI is InChI=1S/C18H21N3O4/c1-24-14-6-4-13(5-7-14)16-9-18(23)21(12-20-16)11-17(22)19-10-15-3-2-8-25-15/h4-7,9,12,15H,2-3,8,10-11H2,1H3,(H,19,22). The van der Waals surface area contributed by atoms with Crippen molar-refractivity contribution < 1.29 is 14.3 Å². The van der Waals surface area contributed by atoms with E-state index in [1.807, 2.05) is 12.1 Å². The largest absolute Gasteiger partial charge is 0.497 e. The van der Waals surface area contributed by atoms with E-state index in [0.717, 1.165) is 30.8 Å². The van der Waals surface area contributed by atoms with Crippen LogP contribution >= 0.6 is 0 Å². The molecule has 7 nitrogen and oxygen atoms in total. The van der Waals surface area contributed by atoms with Gasteiger partial charge in [0.05, 0.1) is 25.2 Å². The van der Waals surface area contributed by atoms with E-state index in [2.05, 4.69) is 10.3 Å². The summed E-state index contributed by atoms with van der Waals surface area (Å²) < 4.78 is 11.9. The van der Waals surface area contributed by atoms with E-state index in [0.29, 0.717) is 12.2 Å². The first-order valence-corrected chi connectivity index (χ1v) is 8.25. The maximum atomic E-state index is 12.2. The lowest BCUT2D eigenvalue weighted by Gasteiger charge is -2.11. The van der Waals surface area contributed by atoms with Crippen molar-refractivity contribution in [2.75, 3.05) is 20.3 Å². The second-order valence-corrected chi connectivity index (χ2v) is 5.91. The Labute approximate surface area is 145 Å². The lowest BCUT2D eigenvalue weighted by Crippen LogP contribution is -2.36. The van der Waals surface area contributed by atoms with E-state index in [4.69, 9.17) is 9.47 Å². The van der Waals surface area contributed by atoms with Crippen molar-refractivity contribution in [1.82, 2.24) is 14.9 Å². The Hall–Kier alpha value is -2.67. The SMILES string of the molecule is COc1ccc(-c2cc(=O)n(CC(=O)NCC3CCCO3)cn2)cc1. The molecule has 1 unspecified atom stereocenters. The minimum absolute atomic E-state index is 0.0541. The number of nitrogens with zero attached hydrogens (tertiary/aromatic N) is 2. The van der Waals surface area contributed by atoms with Crippen molar-refractivity contribution in [2.45, 2.75) is 25.5 Å². The zero-order valence-corrected chi connectivity index (χ0v) is 14.1. The zero-order valence-electron chi connectivity index (χ0n) is 14.1. The summed E-state index contributed by atoms with van der Waals surface area (Å²) in [6.45, 7) is 1.17. The van der Waals surface area contributed by atoms with Gasteiger partial charge < -0.3 is 14.8 Å². The van der Waals surface area contributed by atoms with Gasteiger partial charge in [-0.3, -0.25) is 14.2 Å². The molecule has 2 heterocycles. The van der Waals surface area contributed by atoms with Gasteiger partial charge in [-0.1, -0.05) is 0 Å². The molecule has 132 valence electrons. The van der Waals surface area contributed by atoms with Gasteiger partial charge in [-0.25, -0.2) is 4.98 Å². The molecule has 1 amide bonds. The molecule has 1 aromatic heterocycles. The molecular weight excluding hydrogens is 322 g/mol. The summed E-state index contributed by atoms with van der Waals surface area (Å²) >= 11 is 0. The van der Waals surface area contributed by atoms with Crippen molar-refractivity contribution in [3.8, 4) is 17.0 Å². The van der Waals surface area contributed by atoms with Crippen molar-refractivity contribution in [1.29, 1.82) is 0 Å². The van der Waals surface area contributed by atoms with Crippen LogP contribution in [0.2, 0.25) is 0 Å². The summed E-state index contributed by atoms with van der Waals surface area (Å²) in [5.74, 6) is 0.511. The smallest absolute Gasteiger partial charge is 0.254 e. The Morgan fingerprint density at radius 2 is 2.20 bits per heavy atom. The normalized spacial score (nSPS) is 16.6. The Morgan fingerprint density at radius 3 is 2.84 bits per heavy atom. The number of hydrogen-bond acceptors (Lipinski definition) is 5. The number of nitrogens with one attached hydrogen (secondary N) is 1. The van der Waals surface area contributed by atoms with Crippen LogP contribution in [0, 0.1) is 0 Å². The highest BCUT2D eigenvalue weighted by Crippen LogP contribution is 2.19. The molecule has 1 fully saturated rings. The van der Waals surface area contributed by atoms with Crippen LogP contribution in [0.4, 0.5) is 0 Å². The Balaban J connectivity index is 1.62. The van der Waals surface area contributed by atoms with Gasteiger partial charge >= 0.3 is 0 Å². The molecule has 1 aliphatic heterocycles. The lowest BCUT2D eigenvalue weighted by atomic mass is 10.1. The monoisotopic (exact) mass is 343 g/mol. The van der Waals surface area contributed by atoms with Crippen LogP contribution in [0.5, 0.6) is 5.75 Å². The number of aromatic nitrogens is 2. The molecule has 0 saturated carbocycles. The van der Waals surface area contributed by atoms with E-state index in [-0.39, 0.29) is 24.1 Å². The van der Waals surface area contributed by atoms with Gasteiger partial charge in [0.25, 0.3) is 5.56 Å². The van der Waals surface area contributed by atoms with E-state index >= 15 is 0 Å². The molecule has 25 heavy (non-hydrogen) atoms. The lowest BCUT2D eigenvalue weighted by molar-refractivity contribution is -0.122. The Morgan fingerprint density at radius 1 is 1.40 bits per heavy atom. The van der Waals surface area contributed by atoms with Gasteiger partial charge in [-0.15, -0.1) is 0 Å². The fourth-order valence-electron chi connectivity index (χ4n) is 2.71. The maximum absolute atomic E-state index is 12.2. The highest BCUT2D eigenvalue weighted by Gasteiger charge is 2.16. The Kier molecular flexibility index (Phi) is 5.45. The molecule has 1 atom stereocenters. The molecule has 1 saturated heterocycles. The summed E-state index contributed by atoms with van der Waals surface area (Å²) in [5, 5.41) is 2.79. The molecule has 1 aliphatic rings. The number of carbonyl (C=O) groups is 1. The zero-order chi connectivity index (χ0) is 17.6. The van der Waals surface area contributed by atoms with Crippen LogP contribution in [0.15, 0.2) is 41.5 Å². The van der Waals surface area contributed by atoms with Crippen LogP contribution in [0.1, 0.15) is 12.8 Å². The van der Waals surface area contributed by atoms with E-state index in [1.165, 1.54) is 17.0 Å². The summed E-state index contributed by atoms with van der Waals surface area (Å²) in [5.41, 5.74) is 1.10. The number of benzene rings is 1. The van der Waals surface area contributed by atoms with Crippen LogP contribution in [-0.4, -0.2) is 41.8 Å². The summed E-state index contributed by atoms with van der Waals surface area (Å²) in [6.07, 6.45) is 3.46. The maximum Gasteiger partial charge on any atom is 0.254 e. The van der Waals surface area contributed by atoms with Gasteiger partial charge in [0.15, 0.2) is 0 Å². The van der Waals surface area contributed by atoms with Crippen LogP contribution in [0.25, 0.3) is 11.3 Å². The molecule has 0 spiro atoms. The third-order valence-corrected chi connectivity index (χ3v) is 4.13. The third-order valence-electron chi connectivity index (χ3n) is 4.13. The van der Waals surface area contributed by atoms with Crippen LogP contribution in [0.3, 0.4) is 0 Å². The molecule has 0 bridgehead atoms. The van der Waals surface area contributed by atoms with E-state index in [1.54, 1.807) is 19.2 Å². The molecule has 3 rings (SSSR count). The fraction of sp³-hybridized carbons (Fsp3) is 0.389. The van der Waals surface area contributed by atoms with Crippen molar-refractivity contribution in [2.24, 2.45) is 0 Å². The van der Waals surface area contributed by atoms with Crippen molar-refractivity contribution in [3.05, 3.63) is 47.0 Å². The minimum Gasteiger partial charge on any atom is -0.497 e. The molecule has 1 N–H and O–H groups in total. The van der Waals surface area contributed by atoms with Gasteiger partial charge in [0, 0.05) is 24.8 Å². The van der Waals surface area contributed by atoms with E-state index < -0.39 is 0 Å². The number of rotatable bonds is 6. The van der Waals surface area contributed by atoms with Crippen molar-refractivity contribution >= 4 is 5.91 Å². The second kappa shape index (κ2) is 7.94. The van der Waals surface area contributed by atoms with Crippen molar-refractivity contribution in [3.63, 3.8) is 0 Å². The summed E-state index contributed by atoms with van der Waals surface area (Å²) in [4.78, 5) is 28.5. The van der Waals surface area contributed by atoms with Gasteiger partial charge in [-0.05, 0) is 37.1 Å². The summed E-state index contributed by atoms with van der Waals surface area (Å²) in [7, 11) is 1.60. The molecule has 0 aliphatic carbocycles. The first-order valence-electron chi connectivity index (χ1n) is 8.25. The Bertz CT molecular complexity index is 780. The summed E-state index contributed by atoms with van der Waals surface area (Å²) in [6, 6.07) is 8.70. The van der Waals surface area contributed by atoms with Crippen LogP contribution in [-0.2, 0) is 16.1 Å². The fourth-order valence-corrected chi connectivity index (χ4v) is 2.71. The minimum atomic E-state index is -0.270. The molecule has 0 radical (unpaired) electrons. The topological polar surface area (TPSA) is 82.5 Å².